The normalized spacial score (nSPS) is 12.4. The average molecular weight is 434 g/mol. The number of rotatable bonds is 9. The van der Waals surface area contributed by atoms with Crippen molar-refractivity contribution in [3.8, 4) is 0 Å². The Bertz CT molecular complexity index is 1170. The standard InChI is InChI=1S/C24H27N5O3/c30-22(26-13-11-19-7-1-2-12-25-19)8-4-14-29-23(31)16-21(28-24(29)32)27-20-10-9-17-5-3-6-18(17)15-20/h1-2,7,9-10,12,15-16,27H,3-6,8,11,13-14H2,(H,26,30)(H,28,32). The number of aromatic amines is 1. The van der Waals surface area contributed by atoms with Gasteiger partial charge in [0.2, 0.25) is 5.91 Å². The van der Waals surface area contributed by atoms with E-state index < -0.39 is 11.2 Å². The lowest BCUT2D eigenvalue weighted by Crippen LogP contribution is -2.35. The molecule has 3 N–H and O–H groups in total. The lowest BCUT2D eigenvalue weighted by Gasteiger charge is -2.10. The number of carbonyl (C=O) groups is 1. The number of carbonyl (C=O) groups excluding carboxylic acids is 1. The Kier molecular flexibility index (Phi) is 6.79. The van der Waals surface area contributed by atoms with Gasteiger partial charge in [0.05, 0.1) is 0 Å². The second-order valence-corrected chi connectivity index (χ2v) is 7.96. The van der Waals surface area contributed by atoms with E-state index in [0.717, 1.165) is 35.2 Å². The van der Waals surface area contributed by atoms with E-state index in [1.54, 1.807) is 6.20 Å². The van der Waals surface area contributed by atoms with E-state index in [9.17, 15) is 14.4 Å². The van der Waals surface area contributed by atoms with Crippen LogP contribution in [0.1, 0.15) is 36.1 Å². The summed E-state index contributed by atoms with van der Waals surface area (Å²) < 4.78 is 1.12. The highest BCUT2D eigenvalue weighted by Crippen LogP contribution is 2.25. The van der Waals surface area contributed by atoms with Crippen LogP contribution in [0.4, 0.5) is 11.5 Å². The minimum Gasteiger partial charge on any atom is -0.356 e. The van der Waals surface area contributed by atoms with Gasteiger partial charge in [-0.15, -0.1) is 0 Å². The molecule has 1 aromatic carbocycles. The van der Waals surface area contributed by atoms with Gasteiger partial charge >= 0.3 is 5.69 Å². The van der Waals surface area contributed by atoms with Crippen LogP contribution in [-0.4, -0.2) is 27.0 Å². The van der Waals surface area contributed by atoms with Gasteiger partial charge in [0.1, 0.15) is 5.82 Å². The van der Waals surface area contributed by atoms with Crippen molar-refractivity contribution in [3.63, 3.8) is 0 Å². The monoisotopic (exact) mass is 433 g/mol. The Labute approximate surface area is 185 Å². The minimum atomic E-state index is -0.489. The molecule has 0 saturated carbocycles. The van der Waals surface area contributed by atoms with Crippen LogP contribution in [0.2, 0.25) is 0 Å². The molecule has 0 atom stereocenters. The summed E-state index contributed by atoms with van der Waals surface area (Å²) in [5.74, 6) is 0.252. The number of amides is 1. The van der Waals surface area contributed by atoms with Gasteiger partial charge in [-0.25, -0.2) is 4.79 Å². The van der Waals surface area contributed by atoms with Gasteiger partial charge in [0.15, 0.2) is 0 Å². The summed E-state index contributed by atoms with van der Waals surface area (Å²) in [5, 5.41) is 5.95. The van der Waals surface area contributed by atoms with E-state index in [1.165, 1.54) is 17.2 Å². The van der Waals surface area contributed by atoms with Crippen LogP contribution >= 0.6 is 0 Å². The zero-order chi connectivity index (χ0) is 22.3. The molecule has 1 aliphatic carbocycles. The molecule has 0 radical (unpaired) electrons. The van der Waals surface area contributed by atoms with E-state index in [2.05, 4.69) is 32.7 Å². The predicted octanol–water partition coefficient (Wildman–Crippen LogP) is 2.30. The van der Waals surface area contributed by atoms with E-state index in [4.69, 9.17) is 0 Å². The van der Waals surface area contributed by atoms with Gasteiger partial charge in [-0.05, 0) is 61.1 Å². The number of fused-ring (bicyclic) bond motifs is 1. The third-order valence-electron chi connectivity index (χ3n) is 5.61. The topological polar surface area (TPSA) is 109 Å². The summed E-state index contributed by atoms with van der Waals surface area (Å²) >= 11 is 0. The van der Waals surface area contributed by atoms with Crippen molar-refractivity contribution in [2.75, 3.05) is 11.9 Å². The zero-order valence-electron chi connectivity index (χ0n) is 17.9. The molecule has 3 aromatic rings. The summed E-state index contributed by atoms with van der Waals surface area (Å²) in [6, 6.07) is 13.2. The maximum Gasteiger partial charge on any atom is 0.329 e. The van der Waals surface area contributed by atoms with Crippen LogP contribution < -0.4 is 21.9 Å². The highest BCUT2D eigenvalue weighted by molar-refractivity contribution is 5.75. The lowest BCUT2D eigenvalue weighted by atomic mass is 10.1. The second-order valence-electron chi connectivity index (χ2n) is 7.96. The van der Waals surface area contributed by atoms with E-state index >= 15 is 0 Å². The van der Waals surface area contributed by atoms with Crippen LogP contribution in [0.5, 0.6) is 0 Å². The van der Waals surface area contributed by atoms with Crippen molar-refractivity contribution < 1.29 is 4.79 Å². The Balaban J connectivity index is 1.27. The summed E-state index contributed by atoms with van der Waals surface area (Å²) in [6.07, 6.45) is 6.33. The number of H-pyrrole nitrogens is 1. The fourth-order valence-electron chi connectivity index (χ4n) is 3.97. The molecular formula is C24H27N5O3. The van der Waals surface area contributed by atoms with Crippen molar-refractivity contribution >= 4 is 17.4 Å². The minimum absolute atomic E-state index is 0.111. The first-order chi connectivity index (χ1) is 15.6. The number of nitrogens with one attached hydrogen (secondary N) is 3. The first-order valence-electron chi connectivity index (χ1n) is 11.0. The molecule has 166 valence electrons. The third kappa shape index (κ3) is 5.51. The zero-order valence-corrected chi connectivity index (χ0v) is 17.9. The quantitative estimate of drug-likeness (QED) is 0.480. The number of pyridine rings is 1. The lowest BCUT2D eigenvalue weighted by molar-refractivity contribution is -0.121. The van der Waals surface area contributed by atoms with E-state index in [1.807, 2.05) is 24.3 Å². The Morgan fingerprint density at radius 2 is 1.97 bits per heavy atom. The van der Waals surface area contributed by atoms with Gasteiger partial charge in [-0.3, -0.25) is 24.1 Å². The molecule has 32 heavy (non-hydrogen) atoms. The number of anilines is 2. The predicted molar refractivity (Wildman–Crippen MR) is 123 cm³/mol. The first kappa shape index (κ1) is 21.5. The molecule has 0 spiro atoms. The molecule has 8 heteroatoms. The van der Waals surface area contributed by atoms with Crippen LogP contribution in [0.3, 0.4) is 0 Å². The van der Waals surface area contributed by atoms with E-state index in [0.29, 0.717) is 25.2 Å². The maximum atomic E-state index is 12.4. The number of benzene rings is 1. The summed E-state index contributed by atoms with van der Waals surface area (Å²) in [5.41, 5.74) is 3.55. The summed E-state index contributed by atoms with van der Waals surface area (Å²) in [7, 11) is 0. The number of aromatic nitrogens is 3. The smallest absolute Gasteiger partial charge is 0.329 e. The highest BCUT2D eigenvalue weighted by atomic mass is 16.2. The van der Waals surface area contributed by atoms with E-state index in [-0.39, 0.29) is 18.9 Å². The number of nitrogens with zero attached hydrogens (tertiary/aromatic N) is 2. The third-order valence-corrected chi connectivity index (χ3v) is 5.61. The molecule has 1 aliphatic rings. The first-order valence-corrected chi connectivity index (χ1v) is 11.0. The molecule has 0 fully saturated rings. The number of hydrogen-bond donors (Lipinski definition) is 3. The van der Waals surface area contributed by atoms with Crippen molar-refractivity contribution in [2.45, 2.75) is 45.1 Å². The van der Waals surface area contributed by atoms with Crippen LogP contribution in [0.25, 0.3) is 0 Å². The SMILES string of the molecule is O=C(CCCn1c(=O)cc(Nc2ccc3c(c2)CCC3)[nH]c1=O)NCCc1ccccn1. The fourth-order valence-corrected chi connectivity index (χ4v) is 3.97. The molecule has 0 unspecified atom stereocenters. The number of hydrogen-bond acceptors (Lipinski definition) is 5. The molecule has 4 rings (SSSR count). The fraction of sp³-hybridized carbons (Fsp3) is 0.333. The molecular weight excluding hydrogens is 406 g/mol. The molecule has 0 saturated heterocycles. The average Bonchev–Trinajstić information content (AvgIpc) is 3.24. The second kappa shape index (κ2) is 10.1. The van der Waals surface area contributed by atoms with Gasteiger partial charge in [-0.1, -0.05) is 12.1 Å². The molecule has 2 aromatic heterocycles. The van der Waals surface area contributed by atoms with Crippen molar-refractivity contribution in [1.82, 2.24) is 19.9 Å². The van der Waals surface area contributed by atoms with Crippen LogP contribution in [0, 0.1) is 0 Å². The van der Waals surface area contributed by atoms with Gasteiger partial charge < -0.3 is 10.6 Å². The highest BCUT2D eigenvalue weighted by Gasteiger charge is 2.12. The van der Waals surface area contributed by atoms with Crippen LogP contribution in [-0.2, 0) is 30.6 Å². The Morgan fingerprint density at radius 1 is 1.09 bits per heavy atom. The molecule has 1 amide bonds. The molecule has 0 aliphatic heterocycles. The van der Waals surface area contributed by atoms with Crippen LogP contribution in [0.15, 0.2) is 58.3 Å². The molecule has 2 heterocycles. The Hall–Kier alpha value is -3.68. The molecule has 8 nitrogen and oxygen atoms in total. The van der Waals surface area contributed by atoms with Crippen molar-refractivity contribution in [2.24, 2.45) is 0 Å². The van der Waals surface area contributed by atoms with Crippen molar-refractivity contribution in [1.29, 1.82) is 0 Å². The van der Waals surface area contributed by atoms with Crippen molar-refractivity contribution in [3.05, 3.63) is 86.3 Å². The Morgan fingerprint density at radius 3 is 2.78 bits per heavy atom. The summed E-state index contributed by atoms with van der Waals surface area (Å²) in [4.78, 5) is 43.8. The number of aryl methyl sites for hydroxylation is 2. The van der Waals surface area contributed by atoms with Gasteiger partial charge in [0.25, 0.3) is 5.56 Å². The largest absolute Gasteiger partial charge is 0.356 e. The van der Waals surface area contributed by atoms with Gasteiger partial charge in [-0.2, -0.15) is 0 Å². The molecule has 0 bridgehead atoms. The van der Waals surface area contributed by atoms with Gasteiger partial charge in [0, 0.05) is 49.6 Å². The maximum absolute atomic E-state index is 12.4. The summed E-state index contributed by atoms with van der Waals surface area (Å²) in [6.45, 7) is 0.681.